The van der Waals surface area contributed by atoms with Gasteiger partial charge in [-0.1, -0.05) is 0 Å². The van der Waals surface area contributed by atoms with E-state index in [1.54, 1.807) is 35.9 Å². The molecule has 0 N–H and O–H groups in total. The maximum atomic E-state index is 12.6. The summed E-state index contributed by atoms with van der Waals surface area (Å²) in [5, 5.41) is 3.99. The van der Waals surface area contributed by atoms with Crippen molar-refractivity contribution in [2.75, 3.05) is 24.5 Å². The summed E-state index contributed by atoms with van der Waals surface area (Å²) >= 11 is 1.60. The summed E-state index contributed by atoms with van der Waals surface area (Å²) in [6, 6.07) is 5.54. The summed E-state index contributed by atoms with van der Waals surface area (Å²) in [6.45, 7) is 2.06. The molecule has 2 amide bonds. The maximum absolute atomic E-state index is 12.6. The normalized spacial score (nSPS) is 23.9. The smallest absolute Gasteiger partial charge is 0.255 e. The fourth-order valence-electron chi connectivity index (χ4n) is 3.60. The molecule has 0 aliphatic carbocycles. The Kier molecular flexibility index (Phi) is 3.41. The van der Waals surface area contributed by atoms with E-state index < -0.39 is 0 Å². The van der Waals surface area contributed by atoms with Gasteiger partial charge in [0.05, 0.1) is 11.3 Å². The van der Waals surface area contributed by atoms with Crippen molar-refractivity contribution in [2.45, 2.75) is 12.8 Å². The number of hydrogen-bond donors (Lipinski definition) is 0. The number of nitrogens with zero attached hydrogens (tertiary/aromatic N) is 3. The third-order valence-corrected chi connectivity index (χ3v) is 5.44. The quantitative estimate of drug-likeness (QED) is 0.851. The molecule has 1 atom stereocenters. The van der Waals surface area contributed by atoms with E-state index in [1.165, 1.54) is 0 Å². The minimum Gasteiger partial charge on any atom is -0.338 e. The predicted octanol–water partition coefficient (Wildman–Crippen LogP) is 2.41. The van der Waals surface area contributed by atoms with Crippen LogP contribution in [0.15, 0.2) is 41.4 Å². The Morgan fingerprint density at radius 2 is 2.22 bits per heavy atom. The minimum atomic E-state index is -0.100. The zero-order valence-electron chi connectivity index (χ0n) is 12.6. The molecule has 6 heteroatoms. The molecule has 2 aromatic rings. The molecule has 4 rings (SSSR count). The van der Waals surface area contributed by atoms with Crippen LogP contribution in [0.1, 0.15) is 23.2 Å². The van der Waals surface area contributed by atoms with Gasteiger partial charge in [-0.3, -0.25) is 14.6 Å². The zero-order valence-corrected chi connectivity index (χ0v) is 13.5. The van der Waals surface area contributed by atoms with Crippen LogP contribution >= 0.6 is 11.3 Å². The Balaban J connectivity index is 1.50. The molecular weight excluding hydrogens is 310 g/mol. The van der Waals surface area contributed by atoms with Crippen LogP contribution in [0.5, 0.6) is 0 Å². The van der Waals surface area contributed by atoms with Crippen LogP contribution in [0.4, 0.5) is 5.69 Å². The van der Waals surface area contributed by atoms with Crippen molar-refractivity contribution in [1.29, 1.82) is 0 Å². The number of carbonyl (C=O) groups excluding carboxylic acids is 2. The van der Waals surface area contributed by atoms with E-state index in [9.17, 15) is 9.59 Å². The predicted molar refractivity (Wildman–Crippen MR) is 88.5 cm³/mol. The second kappa shape index (κ2) is 5.45. The van der Waals surface area contributed by atoms with E-state index in [4.69, 9.17) is 0 Å². The molecule has 5 nitrogen and oxygen atoms in total. The molecule has 118 valence electrons. The SMILES string of the molecule is O=C(c1cccnc1)N1CC[C@@]2(CC(=O)N(c3ccsc3)C2)C1. The number of amides is 2. The Labute approximate surface area is 138 Å². The lowest BCUT2D eigenvalue weighted by Gasteiger charge is -2.23. The van der Waals surface area contributed by atoms with Crippen molar-refractivity contribution in [1.82, 2.24) is 9.88 Å². The van der Waals surface area contributed by atoms with E-state index in [1.807, 2.05) is 26.6 Å². The Bertz CT molecular complexity index is 732. The highest BCUT2D eigenvalue weighted by Gasteiger charge is 2.48. The molecule has 1 spiro atoms. The molecule has 2 aliphatic heterocycles. The van der Waals surface area contributed by atoms with Crippen molar-refractivity contribution in [3.8, 4) is 0 Å². The molecule has 2 fully saturated rings. The van der Waals surface area contributed by atoms with Crippen molar-refractivity contribution in [2.24, 2.45) is 5.41 Å². The van der Waals surface area contributed by atoms with Crippen LogP contribution in [0, 0.1) is 5.41 Å². The van der Waals surface area contributed by atoms with Crippen molar-refractivity contribution in [3.63, 3.8) is 0 Å². The topological polar surface area (TPSA) is 53.5 Å². The Morgan fingerprint density at radius 1 is 1.30 bits per heavy atom. The Morgan fingerprint density at radius 3 is 2.96 bits per heavy atom. The highest BCUT2D eigenvalue weighted by Crippen LogP contribution is 2.42. The molecule has 0 aromatic carbocycles. The lowest BCUT2D eigenvalue weighted by molar-refractivity contribution is -0.117. The highest BCUT2D eigenvalue weighted by molar-refractivity contribution is 7.08. The second-order valence-electron chi connectivity index (χ2n) is 6.36. The zero-order chi connectivity index (χ0) is 15.9. The fraction of sp³-hybridized carbons (Fsp3) is 0.353. The van der Waals surface area contributed by atoms with E-state index in [2.05, 4.69) is 4.98 Å². The van der Waals surface area contributed by atoms with E-state index >= 15 is 0 Å². The van der Waals surface area contributed by atoms with Gasteiger partial charge in [-0.2, -0.15) is 11.3 Å². The van der Waals surface area contributed by atoms with Gasteiger partial charge in [0.2, 0.25) is 5.91 Å². The van der Waals surface area contributed by atoms with Gasteiger partial charge in [0.1, 0.15) is 0 Å². The molecule has 23 heavy (non-hydrogen) atoms. The Hall–Kier alpha value is -2.21. The molecule has 0 bridgehead atoms. The number of pyridine rings is 1. The van der Waals surface area contributed by atoms with Crippen LogP contribution in [0.2, 0.25) is 0 Å². The molecule has 4 heterocycles. The van der Waals surface area contributed by atoms with Gasteiger partial charge in [-0.25, -0.2) is 0 Å². The number of hydrogen-bond acceptors (Lipinski definition) is 4. The summed E-state index contributed by atoms with van der Waals surface area (Å²) in [5.41, 5.74) is 1.49. The summed E-state index contributed by atoms with van der Waals surface area (Å²) in [7, 11) is 0. The number of rotatable bonds is 2. The van der Waals surface area contributed by atoms with E-state index in [0.29, 0.717) is 31.6 Å². The first kappa shape index (κ1) is 14.4. The van der Waals surface area contributed by atoms with Crippen LogP contribution < -0.4 is 4.90 Å². The number of thiophene rings is 1. The summed E-state index contributed by atoms with van der Waals surface area (Å²) in [6.07, 6.45) is 4.67. The average Bonchev–Trinajstić information content (AvgIpc) is 3.29. The third kappa shape index (κ3) is 2.53. The van der Waals surface area contributed by atoms with Gasteiger partial charge in [-0.15, -0.1) is 0 Å². The van der Waals surface area contributed by atoms with Gasteiger partial charge < -0.3 is 9.80 Å². The standard InChI is InChI=1S/C17H17N3O2S/c21-15-8-17(12-20(15)14-3-7-23-10-14)4-6-19(11-17)16(22)13-2-1-5-18-9-13/h1-3,5,7,9-10H,4,6,8,11-12H2/t17-/m1/s1. The van der Waals surface area contributed by atoms with Gasteiger partial charge in [0.15, 0.2) is 0 Å². The van der Waals surface area contributed by atoms with Crippen LogP contribution in [0.25, 0.3) is 0 Å². The first-order valence-corrected chi connectivity index (χ1v) is 8.63. The van der Waals surface area contributed by atoms with Crippen molar-refractivity contribution >= 4 is 28.8 Å². The second-order valence-corrected chi connectivity index (χ2v) is 7.14. The average molecular weight is 327 g/mol. The molecule has 2 aromatic heterocycles. The van der Waals surface area contributed by atoms with E-state index in [-0.39, 0.29) is 17.2 Å². The van der Waals surface area contributed by atoms with Crippen LogP contribution in [0.3, 0.4) is 0 Å². The lowest BCUT2D eigenvalue weighted by atomic mass is 9.86. The lowest BCUT2D eigenvalue weighted by Crippen LogP contribution is -2.34. The largest absolute Gasteiger partial charge is 0.338 e. The number of aromatic nitrogens is 1. The van der Waals surface area contributed by atoms with Crippen LogP contribution in [-0.4, -0.2) is 41.3 Å². The molecule has 2 aliphatic rings. The number of carbonyl (C=O) groups is 2. The van der Waals surface area contributed by atoms with Gasteiger partial charge in [0, 0.05) is 49.2 Å². The monoisotopic (exact) mass is 327 g/mol. The molecule has 0 unspecified atom stereocenters. The van der Waals surface area contributed by atoms with Gasteiger partial charge in [-0.05, 0) is 30.0 Å². The summed E-state index contributed by atoms with van der Waals surface area (Å²) in [5.74, 6) is 0.176. The molecule has 2 saturated heterocycles. The molecule has 0 saturated carbocycles. The number of anilines is 1. The first-order chi connectivity index (χ1) is 11.2. The highest BCUT2D eigenvalue weighted by atomic mass is 32.1. The van der Waals surface area contributed by atoms with E-state index in [0.717, 1.165) is 12.1 Å². The maximum Gasteiger partial charge on any atom is 0.255 e. The van der Waals surface area contributed by atoms with Crippen LogP contribution in [-0.2, 0) is 4.79 Å². The molecule has 0 radical (unpaired) electrons. The number of likely N-dealkylation sites (tertiary alicyclic amines) is 1. The summed E-state index contributed by atoms with van der Waals surface area (Å²) < 4.78 is 0. The summed E-state index contributed by atoms with van der Waals surface area (Å²) in [4.78, 5) is 32.7. The third-order valence-electron chi connectivity index (χ3n) is 4.77. The van der Waals surface area contributed by atoms with Gasteiger partial charge >= 0.3 is 0 Å². The van der Waals surface area contributed by atoms with Gasteiger partial charge in [0.25, 0.3) is 5.91 Å². The van der Waals surface area contributed by atoms with Crippen molar-refractivity contribution < 1.29 is 9.59 Å². The molecular formula is C17H17N3O2S. The minimum absolute atomic E-state index is 0.0106. The van der Waals surface area contributed by atoms with Crippen molar-refractivity contribution in [3.05, 3.63) is 46.9 Å². The first-order valence-electron chi connectivity index (χ1n) is 7.69. The fourth-order valence-corrected chi connectivity index (χ4v) is 4.24.